The summed E-state index contributed by atoms with van der Waals surface area (Å²) >= 11 is 0. The van der Waals surface area contributed by atoms with Crippen molar-refractivity contribution in [2.75, 3.05) is 0 Å². The topological polar surface area (TPSA) is 105 Å². The Labute approximate surface area is 232 Å². The first-order valence-electron chi connectivity index (χ1n) is 15.5. The van der Waals surface area contributed by atoms with E-state index in [4.69, 9.17) is 20.9 Å². The summed E-state index contributed by atoms with van der Waals surface area (Å²) in [6.07, 6.45) is 21.8. The molecule has 0 heterocycles. The number of carbonyl (C=O) groups excluding carboxylic acids is 2. The van der Waals surface area contributed by atoms with Crippen molar-refractivity contribution in [3.8, 4) is 0 Å². The van der Waals surface area contributed by atoms with Crippen LogP contribution in [0.25, 0.3) is 0 Å². The smallest absolute Gasteiger partial charge is 0.340 e. The van der Waals surface area contributed by atoms with E-state index in [0.29, 0.717) is 12.8 Å². The largest absolute Gasteiger partial charge is 0.443 e. The zero-order chi connectivity index (χ0) is 27.8. The van der Waals surface area contributed by atoms with Crippen molar-refractivity contribution in [3.05, 3.63) is 35.4 Å². The molecule has 0 aromatic heterocycles. The first-order valence-corrected chi connectivity index (χ1v) is 15.5. The van der Waals surface area contributed by atoms with Gasteiger partial charge in [-0.3, -0.25) is 11.5 Å². The molecule has 0 saturated heterocycles. The molecule has 2 atom stereocenters. The highest BCUT2D eigenvalue weighted by atomic mass is 16.6. The van der Waals surface area contributed by atoms with Gasteiger partial charge in [-0.15, -0.1) is 0 Å². The lowest BCUT2D eigenvalue weighted by Crippen LogP contribution is -2.30. The summed E-state index contributed by atoms with van der Waals surface area (Å²) in [5, 5.41) is 0. The highest BCUT2D eigenvalue weighted by Gasteiger charge is 2.22. The fourth-order valence-electron chi connectivity index (χ4n) is 4.67. The summed E-state index contributed by atoms with van der Waals surface area (Å²) in [5.74, 6) is -1.21. The van der Waals surface area contributed by atoms with E-state index in [0.717, 1.165) is 25.7 Å². The minimum atomic E-state index is -0.690. The fourth-order valence-corrected chi connectivity index (χ4v) is 4.67. The second-order valence-corrected chi connectivity index (χ2v) is 10.7. The summed E-state index contributed by atoms with van der Waals surface area (Å²) in [6.45, 7) is 4.46. The molecule has 0 fully saturated rings. The summed E-state index contributed by atoms with van der Waals surface area (Å²) in [6, 6.07) is 6.52. The van der Waals surface area contributed by atoms with Gasteiger partial charge in [0.15, 0.2) is 12.5 Å². The summed E-state index contributed by atoms with van der Waals surface area (Å²) in [5.41, 5.74) is 12.4. The number of unbranched alkanes of at least 4 members (excludes halogenated alkanes) is 16. The second kappa shape index (κ2) is 23.0. The van der Waals surface area contributed by atoms with Crippen LogP contribution >= 0.6 is 0 Å². The highest BCUT2D eigenvalue weighted by molar-refractivity contribution is 6.03. The predicted molar refractivity (Wildman–Crippen MR) is 157 cm³/mol. The van der Waals surface area contributed by atoms with Gasteiger partial charge in [0.25, 0.3) is 0 Å². The lowest BCUT2D eigenvalue weighted by molar-refractivity contribution is 0.0242. The van der Waals surface area contributed by atoms with Gasteiger partial charge in [0.05, 0.1) is 11.1 Å². The zero-order valence-electron chi connectivity index (χ0n) is 24.4. The number of hydrogen-bond acceptors (Lipinski definition) is 6. The maximum Gasteiger partial charge on any atom is 0.340 e. The van der Waals surface area contributed by atoms with Crippen LogP contribution in [0.3, 0.4) is 0 Å². The monoisotopic (exact) mass is 532 g/mol. The Kier molecular flexibility index (Phi) is 20.7. The van der Waals surface area contributed by atoms with E-state index in [2.05, 4.69) is 13.8 Å². The Morgan fingerprint density at radius 3 is 1.16 bits per heavy atom. The summed E-state index contributed by atoms with van der Waals surface area (Å²) in [4.78, 5) is 25.5. The molecule has 0 aliphatic rings. The first kappa shape index (κ1) is 34.1. The van der Waals surface area contributed by atoms with Gasteiger partial charge in [-0.25, -0.2) is 9.59 Å². The Morgan fingerprint density at radius 2 is 0.842 bits per heavy atom. The van der Waals surface area contributed by atoms with Crippen LogP contribution in [-0.4, -0.2) is 24.4 Å². The van der Waals surface area contributed by atoms with Crippen molar-refractivity contribution in [1.82, 2.24) is 0 Å². The second-order valence-electron chi connectivity index (χ2n) is 10.7. The quantitative estimate of drug-likeness (QED) is 0.0786. The van der Waals surface area contributed by atoms with Gasteiger partial charge in [-0.1, -0.05) is 129 Å². The van der Waals surface area contributed by atoms with Gasteiger partial charge in [0.1, 0.15) is 0 Å². The van der Waals surface area contributed by atoms with Crippen molar-refractivity contribution in [2.24, 2.45) is 11.5 Å². The molecule has 1 aromatic rings. The van der Waals surface area contributed by atoms with Crippen molar-refractivity contribution in [2.45, 2.75) is 155 Å². The Bertz CT molecular complexity index is 679. The van der Waals surface area contributed by atoms with Gasteiger partial charge < -0.3 is 9.47 Å². The van der Waals surface area contributed by atoms with E-state index >= 15 is 0 Å². The number of hydrogen-bond donors (Lipinski definition) is 2. The minimum Gasteiger partial charge on any atom is -0.443 e. The Hall–Kier alpha value is -1.92. The van der Waals surface area contributed by atoms with Gasteiger partial charge in [-0.2, -0.15) is 0 Å². The van der Waals surface area contributed by atoms with E-state index in [-0.39, 0.29) is 11.1 Å². The highest BCUT2D eigenvalue weighted by Crippen LogP contribution is 2.17. The molecule has 4 N–H and O–H groups in total. The van der Waals surface area contributed by atoms with Gasteiger partial charge in [-0.05, 0) is 37.8 Å². The molecular weight excluding hydrogens is 476 g/mol. The molecule has 0 aliphatic carbocycles. The molecule has 0 aliphatic heterocycles. The molecule has 38 heavy (non-hydrogen) atoms. The van der Waals surface area contributed by atoms with Crippen LogP contribution in [0.15, 0.2) is 24.3 Å². The molecule has 2 unspecified atom stereocenters. The predicted octanol–water partition coefficient (Wildman–Crippen LogP) is 8.41. The molecule has 0 radical (unpaired) electrons. The van der Waals surface area contributed by atoms with Gasteiger partial charge >= 0.3 is 11.9 Å². The molecule has 6 nitrogen and oxygen atoms in total. The molecular formula is C32H56N2O4. The van der Waals surface area contributed by atoms with Crippen LogP contribution < -0.4 is 11.5 Å². The van der Waals surface area contributed by atoms with Gasteiger partial charge in [0.2, 0.25) is 0 Å². The molecule has 218 valence electrons. The zero-order valence-corrected chi connectivity index (χ0v) is 24.4. The third-order valence-corrected chi connectivity index (χ3v) is 7.07. The van der Waals surface area contributed by atoms with Crippen LogP contribution in [-0.2, 0) is 9.47 Å². The average Bonchev–Trinajstić information content (AvgIpc) is 2.91. The molecule has 0 spiro atoms. The maximum atomic E-state index is 12.7. The molecule has 0 amide bonds. The molecule has 0 saturated carbocycles. The number of ether oxygens (including phenoxy) is 2. The van der Waals surface area contributed by atoms with Crippen LogP contribution in [0.2, 0.25) is 0 Å². The van der Waals surface area contributed by atoms with Crippen molar-refractivity contribution < 1.29 is 19.1 Å². The molecule has 1 aromatic carbocycles. The lowest BCUT2D eigenvalue weighted by Gasteiger charge is -2.16. The number of nitrogens with two attached hydrogens (primary N) is 2. The van der Waals surface area contributed by atoms with Crippen molar-refractivity contribution in [3.63, 3.8) is 0 Å². The Morgan fingerprint density at radius 1 is 0.553 bits per heavy atom. The lowest BCUT2D eigenvalue weighted by atomic mass is 10.1. The van der Waals surface area contributed by atoms with E-state index in [1.807, 2.05) is 0 Å². The number of carbonyl (C=O) groups is 2. The normalized spacial score (nSPS) is 12.7. The summed E-state index contributed by atoms with van der Waals surface area (Å²) < 4.78 is 10.9. The third kappa shape index (κ3) is 16.8. The third-order valence-electron chi connectivity index (χ3n) is 7.07. The van der Waals surface area contributed by atoms with E-state index in [9.17, 15) is 9.59 Å². The Balaban J connectivity index is 2.31. The van der Waals surface area contributed by atoms with Crippen LogP contribution in [0.4, 0.5) is 0 Å². The molecule has 0 bridgehead atoms. The van der Waals surface area contributed by atoms with Crippen molar-refractivity contribution in [1.29, 1.82) is 0 Å². The van der Waals surface area contributed by atoms with E-state index in [1.54, 1.807) is 24.3 Å². The SMILES string of the molecule is CCCCCCCCCCCC(N)OC(=O)c1ccccc1C(=O)OC(N)CCCCCCCCCCC. The molecule has 6 heteroatoms. The summed E-state index contributed by atoms with van der Waals surface area (Å²) in [7, 11) is 0. The van der Waals surface area contributed by atoms with Crippen LogP contribution in [0, 0.1) is 0 Å². The van der Waals surface area contributed by atoms with E-state index < -0.39 is 24.4 Å². The number of rotatable bonds is 24. The van der Waals surface area contributed by atoms with Crippen molar-refractivity contribution >= 4 is 11.9 Å². The number of benzene rings is 1. The average molecular weight is 533 g/mol. The number of esters is 2. The van der Waals surface area contributed by atoms with Gasteiger partial charge in [0, 0.05) is 0 Å². The van der Waals surface area contributed by atoms with E-state index in [1.165, 1.54) is 89.9 Å². The van der Waals surface area contributed by atoms with Crippen LogP contribution in [0.5, 0.6) is 0 Å². The maximum absolute atomic E-state index is 12.7. The molecule has 1 rings (SSSR count). The minimum absolute atomic E-state index is 0.162. The fraction of sp³-hybridized carbons (Fsp3) is 0.750. The first-order chi connectivity index (χ1) is 18.5. The standard InChI is InChI=1S/C32H56N2O4/c1-3-5-7-9-11-13-15-17-19-25-29(33)37-31(35)27-23-21-22-24-28(27)32(36)38-30(34)26-20-18-16-14-12-10-8-6-4-2/h21-24,29-30H,3-20,25-26,33-34H2,1-2H3. The van der Waals surface area contributed by atoms with Crippen LogP contribution in [0.1, 0.15) is 163 Å².